The third kappa shape index (κ3) is 5.31. The van der Waals surface area contributed by atoms with Gasteiger partial charge in [-0.05, 0) is 38.5 Å². The third-order valence-electron chi connectivity index (χ3n) is 3.66. The Balaban J connectivity index is 2.06. The summed E-state index contributed by atoms with van der Waals surface area (Å²) in [6.45, 7) is 10.1. The Labute approximate surface area is 101 Å². The van der Waals surface area contributed by atoms with Gasteiger partial charge in [0.2, 0.25) is 0 Å². The number of nitrogens with one attached hydrogen (secondary N) is 1. The fourth-order valence-electron chi connectivity index (χ4n) is 2.48. The molecule has 1 N–H and O–H groups in total. The van der Waals surface area contributed by atoms with Gasteiger partial charge in [-0.1, -0.05) is 27.2 Å². The molecule has 0 aromatic rings. The van der Waals surface area contributed by atoms with Crippen molar-refractivity contribution >= 4 is 0 Å². The van der Waals surface area contributed by atoms with Gasteiger partial charge in [0.25, 0.3) is 0 Å². The molecular formula is C14H29NO. The lowest BCUT2D eigenvalue weighted by Gasteiger charge is -2.24. The summed E-state index contributed by atoms with van der Waals surface area (Å²) in [4.78, 5) is 0. The minimum Gasteiger partial charge on any atom is -0.378 e. The molecule has 2 nitrogen and oxygen atoms in total. The first-order valence-electron chi connectivity index (χ1n) is 6.97. The Morgan fingerprint density at radius 3 is 2.56 bits per heavy atom. The minimum atomic E-state index is 0.570. The first-order chi connectivity index (χ1) is 7.59. The smallest absolute Gasteiger partial charge is 0.0576 e. The monoisotopic (exact) mass is 227 g/mol. The Morgan fingerprint density at radius 1 is 1.25 bits per heavy atom. The predicted molar refractivity (Wildman–Crippen MR) is 69.7 cm³/mol. The molecule has 1 saturated heterocycles. The second-order valence-electron chi connectivity index (χ2n) is 5.65. The number of ether oxygens (including phenoxy) is 1. The largest absolute Gasteiger partial charge is 0.378 e. The molecule has 3 unspecified atom stereocenters. The fraction of sp³-hybridized carbons (Fsp3) is 1.00. The predicted octanol–water partition coefficient (Wildman–Crippen LogP) is 3.36. The zero-order valence-electron chi connectivity index (χ0n) is 11.5. The number of rotatable bonds is 7. The third-order valence-corrected chi connectivity index (χ3v) is 3.66. The van der Waals surface area contributed by atoms with Crippen LogP contribution in [0, 0.1) is 5.92 Å². The SMILES string of the molecule is CC(C)NC(C)C(C)CCCC1CCCO1. The lowest BCUT2D eigenvalue weighted by Crippen LogP contribution is -2.37. The van der Waals surface area contributed by atoms with E-state index in [9.17, 15) is 0 Å². The highest BCUT2D eigenvalue weighted by Gasteiger charge is 2.17. The molecule has 1 aliphatic heterocycles. The van der Waals surface area contributed by atoms with Crippen LogP contribution in [0.5, 0.6) is 0 Å². The Bertz CT molecular complexity index is 176. The number of hydrogen-bond donors (Lipinski definition) is 1. The molecule has 0 saturated carbocycles. The van der Waals surface area contributed by atoms with Gasteiger partial charge >= 0.3 is 0 Å². The second kappa shape index (κ2) is 7.29. The van der Waals surface area contributed by atoms with Crippen molar-refractivity contribution in [3.05, 3.63) is 0 Å². The van der Waals surface area contributed by atoms with Gasteiger partial charge in [0.15, 0.2) is 0 Å². The van der Waals surface area contributed by atoms with Gasteiger partial charge in [0.05, 0.1) is 6.10 Å². The van der Waals surface area contributed by atoms with E-state index in [1.807, 2.05) is 0 Å². The number of hydrogen-bond acceptors (Lipinski definition) is 2. The van der Waals surface area contributed by atoms with E-state index in [0.717, 1.165) is 12.5 Å². The molecule has 3 atom stereocenters. The maximum Gasteiger partial charge on any atom is 0.0576 e. The Morgan fingerprint density at radius 2 is 2.00 bits per heavy atom. The van der Waals surface area contributed by atoms with Crippen molar-refractivity contribution in [1.29, 1.82) is 0 Å². The van der Waals surface area contributed by atoms with Crippen LogP contribution in [-0.4, -0.2) is 24.8 Å². The van der Waals surface area contributed by atoms with E-state index in [4.69, 9.17) is 4.74 Å². The van der Waals surface area contributed by atoms with Crippen molar-refractivity contribution in [3.63, 3.8) is 0 Å². The molecule has 0 spiro atoms. The van der Waals surface area contributed by atoms with Gasteiger partial charge in [-0.15, -0.1) is 0 Å². The molecule has 16 heavy (non-hydrogen) atoms. The highest BCUT2D eigenvalue weighted by molar-refractivity contribution is 4.72. The molecule has 0 bridgehead atoms. The molecule has 0 aromatic carbocycles. The van der Waals surface area contributed by atoms with Crippen LogP contribution >= 0.6 is 0 Å². The van der Waals surface area contributed by atoms with Crippen LogP contribution < -0.4 is 5.32 Å². The van der Waals surface area contributed by atoms with Gasteiger partial charge in [-0.3, -0.25) is 0 Å². The molecule has 1 fully saturated rings. The summed E-state index contributed by atoms with van der Waals surface area (Å²) in [5.74, 6) is 0.767. The molecule has 0 radical (unpaired) electrons. The molecule has 1 heterocycles. The van der Waals surface area contributed by atoms with Gasteiger partial charge in [-0.2, -0.15) is 0 Å². The van der Waals surface area contributed by atoms with Gasteiger partial charge in [-0.25, -0.2) is 0 Å². The van der Waals surface area contributed by atoms with Crippen molar-refractivity contribution < 1.29 is 4.74 Å². The standard InChI is InChI=1S/C14H29NO/c1-11(2)15-13(4)12(3)7-5-8-14-9-6-10-16-14/h11-15H,5-10H2,1-4H3. The second-order valence-corrected chi connectivity index (χ2v) is 5.65. The average Bonchev–Trinajstić information content (AvgIpc) is 2.69. The van der Waals surface area contributed by atoms with E-state index in [0.29, 0.717) is 18.2 Å². The van der Waals surface area contributed by atoms with E-state index in [2.05, 4.69) is 33.0 Å². The quantitative estimate of drug-likeness (QED) is 0.720. The fourth-order valence-corrected chi connectivity index (χ4v) is 2.48. The summed E-state index contributed by atoms with van der Waals surface area (Å²) >= 11 is 0. The highest BCUT2D eigenvalue weighted by Crippen LogP contribution is 2.20. The lowest BCUT2D eigenvalue weighted by molar-refractivity contribution is 0.100. The van der Waals surface area contributed by atoms with Crippen LogP contribution in [0.15, 0.2) is 0 Å². The zero-order valence-corrected chi connectivity index (χ0v) is 11.5. The first kappa shape index (κ1) is 14.0. The molecule has 96 valence electrons. The van der Waals surface area contributed by atoms with E-state index >= 15 is 0 Å². The van der Waals surface area contributed by atoms with Crippen molar-refractivity contribution in [2.24, 2.45) is 5.92 Å². The maximum atomic E-state index is 5.64. The van der Waals surface area contributed by atoms with Gasteiger partial charge < -0.3 is 10.1 Å². The van der Waals surface area contributed by atoms with Crippen molar-refractivity contribution in [1.82, 2.24) is 5.32 Å². The van der Waals surface area contributed by atoms with Crippen LogP contribution in [-0.2, 0) is 4.74 Å². The lowest BCUT2D eigenvalue weighted by atomic mass is 9.95. The van der Waals surface area contributed by atoms with Gasteiger partial charge in [0, 0.05) is 18.7 Å². The minimum absolute atomic E-state index is 0.570. The van der Waals surface area contributed by atoms with Crippen molar-refractivity contribution in [2.45, 2.75) is 78.0 Å². The first-order valence-corrected chi connectivity index (χ1v) is 6.97. The van der Waals surface area contributed by atoms with E-state index in [1.54, 1.807) is 0 Å². The summed E-state index contributed by atoms with van der Waals surface area (Å²) in [5.41, 5.74) is 0. The molecule has 0 aromatic heterocycles. The average molecular weight is 227 g/mol. The summed E-state index contributed by atoms with van der Waals surface area (Å²) in [6, 6.07) is 1.22. The Hall–Kier alpha value is -0.0800. The van der Waals surface area contributed by atoms with Crippen molar-refractivity contribution in [2.75, 3.05) is 6.61 Å². The molecule has 0 aliphatic carbocycles. The molecular weight excluding hydrogens is 198 g/mol. The van der Waals surface area contributed by atoms with Crippen molar-refractivity contribution in [3.8, 4) is 0 Å². The normalized spacial score (nSPS) is 24.9. The van der Waals surface area contributed by atoms with Crippen LogP contribution in [0.4, 0.5) is 0 Å². The summed E-state index contributed by atoms with van der Waals surface area (Å²) in [6.07, 6.45) is 7.02. The van der Waals surface area contributed by atoms with Gasteiger partial charge in [0.1, 0.15) is 0 Å². The molecule has 0 amide bonds. The molecule has 2 heteroatoms. The molecule has 1 aliphatic rings. The van der Waals surface area contributed by atoms with E-state index in [-0.39, 0.29) is 0 Å². The van der Waals surface area contributed by atoms with Crippen LogP contribution in [0.1, 0.15) is 59.8 Å². The van der Waals surface area contributed by atoms with E-state index in [1.165, 1.54) is 32.1 Å². The topological polar surface area (TPSA) is 21.3 Å². The summed E-state index contributed by atoms with van der Waals surface area (Å²) in [5, 5.41) is 3.59. The summed E-state index contributed by atoms with van der Waals surface area (Å²) in [7, 11) is 0. The molecule has 1 rings (SSSR count). The Kier molecular flexibility index (Phi) is 6.37. The zero-order chi connectivity index (χ0) is 12.0. The van der Waals surface area contributed by atoms with Crippen LogP contribution in [0.2, 0.25) is 0 Å². The highest BCUT2D eigenvalue weighted by atomic mass is 16.5. The van der Waals surface area contributed by atoms with Crippen LogP contribution in [0.3, 0.4) is 0 Å². The summed E-state index contributed by atoms with van der Waals surface area (Å²) < 4.78 is 5.64. The van der Waals surface area contributed by atoms with E-state index < -0.39 is 0 Å². The van der Waals surface area contributed by atoms with Crippen LogP contribution in [0.25, 0.3) is 0 Å². The maximum absolute atomic E-state index is 5.64.